The number of rotatable bonds is 17. The summed E-state index contributed by atoms with van der Waals surface area (Å²) in [5, 5.41) is 20.5. The number of anilines is 1. The summed E-state index contributed by atoms with van der Waals surface area (Å²) in [7, 11) is -1.68. The Balaban J connectivity index is 1.55. The topological polar surface area (TPSA) is 212 Å². The molecule has 1 unspecified atom stereocenters. The lowest BCUT2D eigenvalue weighted by Gasteiger charge is -2.18. The first kappa shape index (κ1) is 40.3. The van der Waals surface area contributed by atoms with Crippen molar-refractivity contribution in [3.05, 3.63) is 81.7 Å². The molecule has 0 radical (unpaired) electrons. The van der Waals surface area contributed by atoms with Crippen LogP contribution in [0.15, 0.2) is 59.2 Å². The Hall–Kier alpha value is -5.52. The van der Waals surface area contributed by atoms with E-state index in [-0.39, 0.29) is 52.8 Å². The van der Waals surface area contributed by atoms with Gasteiger partial charge in [0.25, 0.3) is 15.9 Å². The number of unbranched alkanes of at least 4 members (excludes halogenated alkanes) is 1. The summed E-state index contributed by atoms with van der Waals surface area (Å²) >= 11 is 0. The molecule has 1 amide bonds. The van der Waals surface area contributed by atoms with Gasteiger partial charge in [-0.1, -0.05) is 11.6 Å². The fourth-order valence-electron chi connectivity index (χ4n) is 5.50. The zero-order chi connectivity index (χ0) is 38.9. The number of hydrogen-bond acceptors (Lipinski definition) is 12. The van der Waals surface area contributed by atoms with Crippen molar-refractivity contribution in [3.63, 3.8) is 0 Å². The monoisotopic (exact) mass is 759 g/mol. The van der Waals surface area contributed by atoms with Crippen molar-refractivity contribution in [3.8, 4) is 17.4 Å². The molecule has 0 aliphatic heterocycles. The molecule has 53 heavy (non-hydrogen) atoms. The molecule has 4 rings (SSSR count). The van der Waals surface area contributed by atoms with Gasteiger partial charge in [0.15, 0.2) is 5.69 Å². The fourth-order valence-corrected chi connectivity index (χ4v) is 6.61. The molecule has 0 saturated carbocycles. The lowest BCUT2D eigenvalue weighted by Crippen LogP contribution is -2.32. The number of sulfonamides is 1. The number of nitrogens with two attached hydrogens (primary N) is 1. The number of carbonyl (C=O) groups is 2. The van der Waals surface area contributed by atoms with Crippen molar-refractivity contribution in [2.24, 2.45) is 0 Å². The maximum absolute atomic E-state index is 13.8. The molecule has 0 fully saturated rings. The van der Waals surface area contributed by atoms with E-state index in [0.717, 1.165) is 47.6 Å². The van der Waals surface area contributed by atoms with Crippen LogP contribution in [0.2, 0.25) is 0 Å². The summed E-state index contributed by atoms with van der Waals surface area (Å²) in [5.74, 6) is -2.53. The summed E-state index contributed by atoms with van der Waals surface area (Å²) in [5.41, 5.74) is 5.51. The van der Waals surface area contributed by atoms with E-state index in [1.54, 1.807) is 18.2 Å². The lowest BCUT2D eigenvalue weighted by molar-refractivity contribution is -0.141. The molecule has 0 bridgehead atoms. The molecular formula is C35H40F3N7O7S. The third kappa shape index (κ3) is 10.5. The maximum atomic E-state index is 13.8. The number of Topliss-reactive ketones (excluding diaryl/α,β-unsaturated/α-hetero) is 1. The van der Waals surface area contributed by atoms with Crippen LogP contribution in [0.4, 0.5) is 18.9 Å². The molecule has 284 valence electrons. The van der Waals surface area contributed by atoms with Crippen LogP contribution in [-0.4, -0.2) is 67.7 Å². The number of alkyl halides is 3. The Morgan fingerprint density at radius 2 is 1.79 bits per heavy atom. The maximum Gasteiger partial charge on any atom is 0.435 e. The molecule has 3 aromatic rings. The van der Waals surface area contributed by atoms with Crippen molar-refractivity contribution in [1.82, 2.24) is 19.5 Å². The Morgan fingerprint density at radius 1 is 1.06 bits per heavy atom. The quantitative estimate of drug-likeness (QED) is 0.0580. The number of hydrogen-bond donors (Lipinski definition) is 4. The molecule has 1 aliphatic carbocycles. The largest absolute Gasteiger partial charge is 0.497 e. The van der Waals surface area contributed by atoms with Gasteiger partial charge in [-0.15, -0.1) is 0 Å². The first-order chi connectivity index (χ1) is 25.1. The number of benzene rings is 1. The minimum absolute atomic E-state index is 0.000641. The van der Waals surface area contributed by atoms with Crippen LogP contribution < -0.4 is 24.7 Å². The van der Waals surface area contributed by atoms with Crippen molar-refractivity contribution in [2.45, 2.75) is 64.0 Å². The molecule has 1 aliphatic rings. The third-order valence-corrected chi connectivity index (χ3v) is 9.73. The predicted octanol–water partition coefficient (Wildman–Crippen LogP) is 5.59. The molecule has 0 spiro atoms. The zero-order valence-electron chi connectivity index (χ0n) is 29.2. The number of aromatic nitrogens is 3. The van der Waals surface area contributed by atoms with Crippen LogP contribution in [0.25, 0.3) is 0 Å². The predicted molar refractivity (Wildman–Crippen MR) is 190 cm³/mol. The molecule has 18 heteroatoms. The second-order valence-electron chi connectivity index (χ2n) is 12.1. The Kier molecular flexibility index (Phi) is 13.2. The van der Waals surface area contributed by atoms with Crippen LogP contribution in [0.3, 0.4) is 0 Å². The van der Waals surface area contributed by atoms with E-state index in [9.17, 15) is 31.2 Å². The number of nitrogens with one attached hydrogen (secondary N) is 3. The highest BCUT2D eigenvalue weighted by Gasteiger charge is 2.36. The number of nitrogens with zero attached hydrogens (tertiary/aromatic N) is 3. The highest BCUT2D eigenvalue weighted by atomic mass is 32.2. The average molecular weight is 760 g/mol. The molecule has 1 aromatic carbocycles. The summed E-state index contributed by atoms with van der Waals surface area (Å²) < 4.78 is 86.5. The van der Waals surface area contributed by atoms with Crippen molar-refractivity contribution in [2.75, 3.05) is 26.6 Å². The van der Waals surface area contributed by atoms with E-state index in [1.165, 1.54) is 33.3 Å². The van der Waals surface area contributed by atoms with Gasteiger partial charge >= 0.3 is 6.18 Å². The highest BCUT2D eigenvalue weighted by molar-refractivity contribution is 7.93. The van der Waals surface area contributed by atoms with Gasteiger partial charge in [-0.3, -0.25) is 10.2 Å². The Morgan fingerprint density at radius 3 is 2.42 bits per heavy atom. The van der Waals surface area contributed by atoms with Crippen LogP contribution in [0.1, 0.15) is 78.7 Å². The number of methoxy groups -OCH3 is 2. The first-order valence-corrected chi connectivity index (χ1v) is 17.9. The standard InChI is InChI=1S/C35H40F3N7O7S/c1-21(46)6-4-5-7-22-8-10-28(11-9-22)53(48,49)44-33(47)29-14-23(20-42-34(29)51-3)30(19-39)32(41)45-25(17-31(43-45)35(36,37)38)12-13-52-27-16-24(40)15-26(18-27)50-2/h8,10,14-20,30,39,41H,4-7,9,11-13,40H2,1-3H3,(H,44,47). The van der Waals surface area contributed by atoms with Crippen molar-refractivity contribution in [1.29, 1.82) is 10.8 Å². The van der Waals surface area contributed by atoms with E-state index in [2.05, 4.69) is 10.1 Å². The average Bonchev–Trinajstić information content (AvgIpc) is 3.55. The lowest BCUT2D eigenvalue weighted by atomic mass is 9.98. The van der Waals surface area contributed by atoms with Gasteiger partial charge in [-0.2, -0.15) is 18.3 Å². The highest BCUT2D eigenvalue weighted by Crippen LogP contribution is 2.31. The minimum atomic E-state index is -4.86. The molecule has 5 N–H and O–H groups in total. The zero-order valence-corrected chi connectivity index (χ0v) is 30.1. The second kappa shape index (κ2) is 17.3. The van der Waals surface area contributed by atoms with Gasteiger partial charge in [0.05, 0.1) is 31.6 Å². The van der Waals surface area contributed by atoms with Gasteiger partial charge < -0.3 is 30.1 Å². The molecule has 1 atom stereocenters. The van der Waals surface area contributed by atoms with Gasteiger partial charge in [-0.25, -0.2) is 22.8 Å². The van der Waals surface area contributed by atoms with E-state index in [4.69, 9.17) is 30.8 Å². The van der Waals surface area contributed by atoms with Crippen LogP contribution in [0.5, 0.6) is 17.4 Å². The smallest absolute Gasteiger partial charge is 0.435 e. The van der Waals surface area contributed by atoms with Gasteiger partial charge in [0.1, 0.15) is 28.7 Å². The van der Waals surface area contributed by atoms with E-state index in [0.29, 0.717) is 36.4 Å². The van der Waals surface area contributed by atoms with Crippen LogP contribution in [-0.2, 0) is 27.4 Å². The van der Waals surface area contributed by atoms with E-state index >= 15 is 0 Å². The van der Waals surface area contributed by atoms with Crippen LogP contribution >= 0.6 is 0 Å². The molecule has 14 nitrogen and oxygen atoms in total. The number of halogens is 3. The SMILES string of the molecule is COc1cc(N)cc(OCCc2cc(C(F)(F)F)nn2C(=N)C(C=N)c2cnc(OC)c(C(=O)NS(=O)(=O)C3=CC=C(CCCCC(C)=O)CC3)c2)c1. The molecule has 2 heterocycles. The second-order valence-corrected chi connectivity index (χ2v) is 13.9. The summed E-state index contributed by atoms with van der Waals surface area (Å²) in [4.78, 5) is 28.6. The number of carbonyl (C=O) groups excluding carboxylic acids is 2. The number of allylic oxidation sites excluding steroid dienone is 4. The van der Waals surface area contributed by atoms with Gasteiger partial charge in [0, 0.05) is 54.8 Å². The van der Waals surface area contributed by atoms with E-state index in [1.807, 2.05) is 4.72 Å². The van der Waals surface area contributed by atoms with Crippen molar-refractivity contribution < 1.29 is 45.4 Å². The van der Waals surface area contributed by atoms with Crippen molar-refractivity contribution >= 4 is 39.5 Å². The summed E-state index contributed by atoms with van der Waals surface area (Å²) in [6.07, 6.45) is 3.35. The normalized spacial score (nSPS) is 13.7. The molecule has 0 saturated heterocycles. The Labute approximate surface area is 304 Å². The number of amides is 1. The van der Waals surface area contributed by atoms with Gasteiger partial charge in [0.2, 0.25) is 5.88 Å². The first-order valence-electron chi connectivity index (χ1n) is 16.4. The number of ketones is 1. The van der Waals surface area contributed by atoms with E-state index < -0.39 is 39.6 Å². The molecular weight excluding hydrogens is 719 g/mol. The minimum Gasteiger partial charge on any atom is -0.497 e. The number of pyridine rings is 1. The number of ether oxygens (including phenoxy) is 3. The van der Waals surface area contributed by atoms with Crippen LogP contribution in [0, 0.1) is 10.8 Å². The fraction of sp³-hybridized carbons (Fsp3) is 0.371. The van der Waals surface area contributed by atoms with Gasteiger partial charge in [-0.05, 0) is 62.8 Å². The Bertz CT molecular complexity index is 2040. The summed E-state index contributed by atoms with van der Waals surface area (Å²) in [6, 6.07) is 6.52. The molecule has 2 aromatic heterocycles. The third-order valence-electron chi connectivity index (χ3n) is 8.24. The summed E-state index contributed by atoms with van der Waals surface area (Å²) in [6.45, 7) is 1.39. The number of nitrogen functional groups attached to an aromatic ring is 1.